The van der Waals surface area contributed by atoms with Gasteiger partial charge in [0.15, 0.2) is 0 Å². The van der Waals surface area contributed by atoms with Gasteiger partial charge in [0.25, 0.3) is 6.29 Å². The van der Waals surface area contributed by atoms with E-state index in [9.17, 15) is 4.79 Å². The molecular formula is C5H4NOS. The zero-order valence-electron chi connectivity index (χ0n) is 4.05. The molecule has 1 radical (unpaired) electrons. The highest BCUT2D eigenvalue weighted by Crippen LogP contribution is 2.09. The molecule has 2 nitrogen and oxygen atoms in total. The van der Waals surface area contributed by atoms with Crippen molar-refractivity contribution in [1.82, 2.24) is 5.32 Å². The molecule has 8 heavy (non-hydrogen) atoms. The Bertz CT molecular complexity index is 151. The van der Waals surface area contributed by atoms with E-state index in [0.29, 0.717) is 5.70 Å². The third kappa shape index (κ3) is 1.13. The molecule has 0 unspecified atom stereocenters. The lowest BCUT2D eigenvalue weighted by atomic mass is 10.5. The molecule has 41 valence electrons. The van der Waals surface area contributed by atoms with Crippen molar-refractivity contribution < 1.29 is 4.79 Å². The van der Waals surface area contributed by atoms with Gasteiger partial charge in [-0.15, -0.1) is 11.8 Å². The quantitative estimate of drug-likeness (QED) is 0.562. The average molecular weight is 126 g/mol. The van der Waals surface area contributed by atoms with Crippen LogP contribution in [0.15, 0.2) is 22.7 Å². The maximum atomic E-state index is 9.86. The minimum Gasteiger partial charge on any atom is -0.357 e. The van der Waals surface area contributed by atoms with Gasteiger partial charge in [-0.05, 0) is 5.41 Å². The fraction of sp³-hybridized carbons (Fsp3) is 0. The first-order valence-corrected chi connectivity index (χ1v) is 3.03. The highest BCUT2D eigenvalue weighted by atomic mass is 32.2. The van der Waals surface area contributed by atoms with Gasteiger partial charge in [-0.25, -0.2) is 0 Å². The molecule has 1 heterocycles. The Hall–Kier alpha value is -0.700. The van der Waals surface area contributed by atoms with E-state index in [0.717, 1.165) is 0 Å². The zero-order valence-corrected chi connectivity index (χ0v) is 4.87. The summed E-state index contributed by atoms with van der Waals surface area (Å²) in [6, 6.07) is 0. The SMILES string of the molecule is O=[C]C1=CSC=CN1. The Morgan fingerprint density at radius 3 is 3.00 bits per heavy atom. The number of rotatable bonds is 1. The van der Waals surface area contributed by atoms with E-state index < -0.39 is 0 Å². The summed E-state index contributed by atoms with van der Waals surface area (Å²) >= 11 is 1.46. The Kier molecular flexibility index (Phi) is 1.75. The lowest BCUT2D eigenvalue weighted by Gasteiger charge is -1.99. The van der Waals surface area contributed by atoms with Crippen LogP contribution in [-0.2, 0) is 4.79 Å². The number of hydrogen-bond donors (Lipinski definition) is 1. The smallest absolute Gasteiger partial charge is 0.251 e. The van der Waals surface area contributed by atoms with Gasteiger partial charge in [-0.1, -0.05) is 0 Å². The standard InChI is InChI=1S/C5H4NOS/c7-3-5-4-8-2-1-6-5/h1-2,4,6H. The Balaban J connectivity index is 2.55. The minimum atomic E-state index is 0.498. The molecule has 0 fully saturated rings. The summed E-state index contributed by atoms with van der Waals surface area (Å²) in [4.78, 5) is 9.86. The van der Waals surface area contributed by atoms with Gasteiger partial charge in [0.1, 0.15) is 0 Å². The molecule has 0 amide bonds. The lowest BCUT2D eigenvalue weighted by Crippen LogP contribution is -2.06. The number of carbonyl (C=O) groups excluding carboxylic acids is 1. The predicted molar refractivity (Wildman–Crippen MR) is 33.6 cm³/mol. The van der Waals surface area contributed by atoms with Crippen LogP contribution < -0.4 is 5.32 Å². The second-order valence-corrected chi connectivity index (χ2v) is 2.00. The van der Waals surface area contributed by atoms with Crippen LogP contribution in [0.3, 0.4) is 0 Å². The predicted octanol–water partition coefficient (Wildman–Crippen LogP) is 0.745. The van der Waals surface area contributed by atoms with Crippen LogP contribution in [0.4, 0.5) is 0 Å². The lowest BCUT2D eigenvalue weighted by molar-refractivity contribution is 0.560. The number of nitrogens with one attached hydrogen (secondary N) is 1. The van der Waals surface area contributed by atoms with Gasteiger partial charge < -0.3 is 5.32 Å². The fourth-order valence-electron chi connectivity index (χ4n) is 0.358. The molecule has 0 atom stereocenters. The fourth-order valence-corrected chi connectivity index (χ4v) is 0.835. The van der Waals surface area contributed by atoms with Gasteiger partial charge in [0.05, 0.1) is 5.70 Å². The van der Waals surface area contributed by atoms with Crippen LogP contribution >= 0.6 is 11.8 Å². The second-order valence-electron chi connectivity index (χ2n) is 1.22. The normalized spacial score (nSPS) is 16.8. The maximum absolute atomic E-state index is 9.86. The molecule has 0 aromatic rings. The van der Waals surface area contributed by atoms with Crippen LogP contribution in [0.5, 0.6) is 0 Å². The van der Waals surface area contributed by atoms with Gasteiger partial charge >= 0.3 is 0 Å². The summed E-state index contributed by atoms with van der Waals surface area (Å²) < 4.78 is 0. The van der Waals surface area contributed by atoms with Crippen molar-refractivity contribution >= 4 is 18.0 Å². The van der Waals surface area contributed by atoms with Crippen LogP contribution in [0, 0.1) is 0 Å². The summed E-state index contributed by atoms with van der Waals surface area (Å²) in [6.45, 7) is 0. The molecule has 1 N–H and O–H groups in total. The molecule has 1 rings (SSSR count). The molecule has 0 bridgehead atoms. The zero-order chi connectivity index (χ0) is 5.82. The minimum absolute atomic E-state index is 0.498. The molecule has 0 saturated carbocycles. The van der Waals surface area contributed by atoms with E-state index in [-0.39, 0.29) is 0 Å². The van der Waals surface area contributed by atoms with Crippen molar-refractivity contribution in [3.63, 3.8) is 0 Å². The third-order valence-electron chi connectivity index (χ3n) is 0.681. The molecule has 0 aromatic heterocycles. The van der Waals surface area contributed by atoms with Gasteiger partial charge in [0, 0.05) is 11.6 Å². The Morgan fingerprint density at radius 2 is 2.62 bits per heavy atom. The van der Waals surface area contributed by atoms with Gasteiger partial charge in [-0.2, -0.15) is 0 Å². The molecule has 0 saturated heterocycles. The van der Waals surface area contributed by atoms with E-state index in [1.807, 2.05) is 5.41 Å². The Labute approximate surface area is 51.6 Å². The highest BCUT2D eigenvalue weighted by molar-refractivity contribution is 8.05. The number of hydrogen-bond acceptors (Lipinski definition) is 3. The van der Waals surface area contributed by atoms with Gasteiger partial charge in [0.2, 0.25) is 0 Å². The molecule has 1 aliphatic heterocycles. The molecular weight excluding hydrogens is 122 g/mol. The van der Waals surface area contributed by atoms with Crippen molar-refractivity contribution in [3.05, 3.63) is 22.7 Å². The van der Waals surface area contributed by atoms with E-state index in [4.69, 9.17) is 0 Å². The summed E-state index contributed by atoms with van der Waals surface area (Å²) in [6.07, 6.45) is 3.43. The topological polar surface area (TPSA) is 29.1 Å². The van der Waals surface area contributed by atoms with Crippen molar-refractivity contribution in [2.45, 2.75) is 0 Å². The summed E-state index contributed by atoms with van der Waals surface area (Å²) in [5.74, 6) is 0. The van der Waals surface area contributed by atoms with Crippen molar-refractivity contribution in [2.24, 2.45) is 0 Å². The molecule has 1 aliphatic rings. The number of thioether (sulfide) groups is 1. The highest BCUT2D eigenvalue weighted by Gasteiger charge is 1.93. The molecule has 0 aliphatic carbocycles. The average Bonchev–Trinajstić information content (AvgIpc) is 1.90. The number of allylic oxidation sites excluding steroid dienone is 1. The van der Waals surface area contributed by atoms with E-state index in [2.05, 4.69) is 5.32 Å². The summed E-state index contributed by atoms with van der Waals surface area (Å²) in [5, 5.41) is 6.25. The summed E-state index contributed by atoms with van der Waals surface area (Å²) in [5.41, 5.74) is 0.498. The van der Waals surface area contributed by atoms with Crippen LogP contribution in [0.2, 0.25) is 0 Å². The van der Waals surface area contributed by atoms with E-state index >= 15 is 0 Å². The summed E-state index contributed by atoms with van der Waals surface area (Å²) in [7, 11) is 0. The molecule has 3 heteroatoms. The van der Waals surface area contributed by atoms with Crippen LogP contribution in [-0.4, -0.2) is 6.29 Å². The monoisotopic (exact) mass is 126 g/mol. The molecule has 0 aromatic carbocycles. The Morgan fingerprint density at radius 1 is 1.75 bits per heavy atom. The molecule has 0 spiro atoms. The third-order valence-corrected chi connectivity index (χ3v) is 1.35. The largest absolute Gasteiger partial charge is 0.357 e. The van der Waals surface area contributed by atoms with Crippen molar-refractivity contribution in [1.29, 1.82) is 0 Å². The second kappa shape index (κ2) is 2.57. The first-order valence-electron chi connectivity index (χ1n) is 2.09. The van der Waals surface area contributed by atoms with Crippen molar-refractivity contribution in [3.8, 4) is 0 Å². The first-order chi connectivity index (χ1) is 3.93. The van der Waals surface area contributed by atoms with E-state index in [1.54, 1.807) is 17.9 Å². The first kappa shape index (κ1) is 5.44. The van der Waals surface area contributed by atoms with Gasteiger partial charge in [-0.3, -0.25) is 4.79 Å². The van der Waals surface area contributed by atoms with Crippen LogP contribution in [0.1, 0.15) is 0 Å². The van der Waals surface area contributed by atoms with Crippen LogP contribution in [0.25, 0.3) is 0 Å². The van der Waals surface area contributed by atoms with Crippen molar-refractivity contribution in [2.75, 3.05) is 0 Å². The maximum Gasteiger partial charge on any atom is 0.251 e. The van der Waals surface area contributed by atoms with E-state index in [1.165, 1.54) is 11.8 Å².